The van der Waals surface area contributed by atoms with Gasteiger partial charge in [-0.2, -0.15) is 0 Å². The van der Waals surface area contributed by atoms with E-state index in [1.54, 1.807) is 6.92 Å². The molecule has 102 valence electrons. The Labute approximate surface area is 114 Å². The second kappa shape index (κ2) is 5.08. The molecule has 0 radical (unpaired) electrons. The Balaban J connectivity index is 2.12. The summed E-state index contributed by atoms with van der Waals surface area (Å²) in [6.45, 7) is 1.63. The number of hydrogen-bond acceptors (Lipinski definition) is 5. The smallest absolute Gasteiger partial charge is 0.339 e. The normalized spacial score (nSPS) is 15.9. The van der Waals surface area contributed by atoms with Gasteiger partial charge in [0, 0.05) is 12.1 Å². The number of ether oxygens (including phenoxy) is 1. The van der Waals surface area contributed by atoms with Crippen LogP contribution in [0.2, 0.25) is 0 Å². The first kappa shape index (κ1) is 13.7. The molecular weight excluding hydrogens is 262 g/mol. The maximum absolute atomic E-state index is 11.9. The van der Waals surface area contributed by atoms with E-state index in [9.17, 15) is 19.7 Å². The molecule has 6 heteroatoms. The molecule has 0 spiro atoms. The summed E-state index contributed by atoms with van der Waals surface area (Å²) in [6, 6.07) is 5.11. The van der Waals surface area contributed by atoms with Gasteiger partial charge in [0.1, 0.15) is 5.60 Å². The lowest BCUT2D eigenvalue weighted by atomic mass is 9.99. The van der Waals surface area contributed by atoms with E-state index in [0.717, 1.165) is 0 Å². The van der Waals surface area contributed by atoms with Gasteiger partial charge in [0.05, 0.1) is 10.5 Å². The molecule has 0 unspecified atom stereocenters. The lowest BCUT2D eigenvalue weighted by Gasteiger charge is -2.24. The van der Waals surface area contributed by atoms with Crippen LogP contribution in [0.25, 0.3) is 0 Å². The van der Waals surface area contributed by atoms with Crippen LogP contribution in [0.3, 0.4) is 0 Å². The number of ketones is 1. The highest BCUT2D eigenvalue weighted by atomic mass is 16.6. The Morgan fingerprint density at radius 3 is 2.25 bits per heavy atom. The Bertz CT molecular complexity index is 611. The molecule has 0 amide bonds. The van der Waals surface area contributed by atoms with Gasteiger partial charge in [-0.1, -0.05) is 0 Å². The predicted octanol–water partition coefficient (Wildman–Crippen LogP) is 2.21. The summed E-state index contributed by atoms with van der Waals surface area (Å²) in [5, 5.41) is 10.5. The molecule has 2 rings (SSSR count). The maximum atomic E-state index is 11.9. The molecular formula is C14H11NO5. The number of nitrogens with zero attached hydrogens (tertiary/aromatic N) is 1. The van der Waals surface area contributed by atoms with Crippen LogP contribution in [0, 0.1) is 10.1 Å². The number of rotatable bonds is 3. The average molecular weight is 273 g/mol. The Kier molecular flexibility index (Phi) is 3.47. The van der Waals surface area contributed by atoms with E-state index < -0.39 is 16.5 Å². The summed E-state index contributed by atoms with van der Waals surface area (Å²) in [6.07, 6.45) is 5.61. The van der Waals surface area contributed by atoms with Crippen molar-refractivity contribution in [1.82, 2.24) is 0 Å². The number of allylic oxidation sites excluding steroid dienone is 2. The molecule has 1 aliphatic carbocycles. The highest BCUT2D eigenvalue weighted by molar-refractivity contribution is 6.00. The molecule has 20 heavy (non-hydrogen) atoms. The number of carbonyl (C=O) groups is 2. The predicted molar refractivity (Wildman–Crippen MR) is 70.2 cm³/mol. The van der Waals surface area contributed by atoms with Gasteiger partial charge < -0.3 is 4.74 Å². The van der Waals surface area contributed by atoms with Crippen LogP contribution in [0.15, 0.2) is 48.6 Å². The zero-order chi connectivity index (χ0) is 14.8. The molecule has 6 nitrogen and oxygen atoms in total. The second-order valence-corrected chi connectivity index (χ2v) is 4.45. The van der Waals surface area contributed by atoms with Gasteiger partial charge >= 0.3 is 5.97 Å². The largest absolute Gasteiger partial charge is 0.447 e. The quantitative estimate of drug-likeness (QED) is 0.478. The first-order valence-corrected chi connectivity index (χ1v) is 5.80. The molecule has 1 aromatic carbocycles. The van der Waals surface area contributed by atoms with Crippen LogP contribution in [0.1, 0.15) is 17.3 Å². The van der Waals surface area contributed by atoms with Gasteiger partial charge in [-0.15, -0.1) is 0 Å². The third-order valence-electron chi connectivity index (χ3n) is 2.78. The standard InChI is InChI=1S/C14H11NO5/c1-14(8-6-12(16)7-9-14)20-13(17)10-2-4-11(5-3-10)15(18)19/h2-9H,1H3. The summed E-state index contributed by atoms with van der Waals surface area (Å²) in [4.78, 5) is 32.9. The molecule has 0 N–H and O–H groups in total. The van der Waals surface area contributed by atoms with Crippen molar-refractivity contribution in [2.75, 3.05) is 0 Å². The van der Waals surface area contributed by atoms with E-state index in [-0.39, 0.29) is 17.0 Å². The van der Waals surface area contributed by atoms with E-state index in [0.29, 0.717) is 0 Å². The van der Waals surface area contributed by atoms with Gasteiger partial charge in [0.15, 0.2) is 5.78 Å². The molecule has 0 saturated heterocycles. The molecule has 0 bridgehead atoms. The molecule has 0 aliphatic heterocycles. The topological polar surface area (TPSA) is 86.5 Å². The van der Waals surface area contributed by atoms with Gasteiger partial charge in [0.25, 0.3) is 5.69 Å². The lowest BCUT2D eigenvalue weighted by Crippen LogP contribution is -2.29. The third-order valence-corrected chi connectivity index (χ3v) is 2.78. The summed E-state index contributed by atoms with van der Waals surface area (Å²) in [5.74, 6) is -0.792. The summed E-state index contributed by atoms with van der Waals surface area (Å²) in [7, 11) is 0. The molecule has 1 aromatic rings. The van der Waals surface area contributed by atoms with Gasteiger partial charge in [0.2, 0.25) is 0 Å². The van der Waals surface area contributed by atoms with Crippen LogP contribution in [0.5, 0.6) is 0 Å². The summed E-state index contributed by atoms with van der Waals surface area (Å²) in [5.41, 5.74) is -0.890. The highest BCUT2D eigenvalue weighted by Crippen LogP contribution is 2.21. The minimum absolute atomic E-state index is 0.101. The number of carbonyl (C=O) groups excluding carboxylic acids is 2. The molecule has 0 atom stereocenters. The number of benzene rings is 1. The molecule has 0 heterocycles. The first-order chi connectivity index (χ1) is 9.39. The number of nitro groups is 1. The second-order valence-electron chi connectivity index (χ2n) is 4.45. The summed E-state index contributed by atoms with van der Waals surface area (Å²) < 4.78 is 5.28. The van der Waals surface area contributed by atoms with Crippen molar-refractivity contribution < 1.29 is 19.2 Å². The average Bonchev–Trinajstić information content (AvgIpc) is 2.42. The number of non-ortho nitro benzene ring substituents is 1. The first-order valence-electron chi connectivity index (χ1n) is 5.80. The van der Waals surface area contributed by atoms with Crippen LogP contribution in [0.4, 0.5) is 5.69 Å². The monoisotopic (exact) mass is 273 g/mol. The van der Waals surface area contributed by atoms with Crippen LogP contribution >= 0.6 is 0 Å². The van der Waals surface area contributed by atoms with Crippen molar-refractivity contribution in [2.24, 2.45) is 0 Å². The van der Waals surface area contributed by atoms with Crippen molar-refractivity contribution >= 4 is 17.4 Å². The SMILES string of the molecule is CC1(OC(=O)c2ccc([N+](=O)[O-])cc2)C=CC(=O)C=C1. The third kappa shape index (κ3) is 2.97. The van der Waals surface area contributed by atoms with E-state index >= 15 is 0 Å². The van der Waals surface area contributed by atoms with E-state index in [1.165, 1.54) is 48.6 Å². The highest BCUT2D eigenvalue weighted by Gasteiger charge is 2.26. The molecule has 0 fully saturated rings. The van der Waals surface area contributed by atoms with Crippen LogP contribution in [-0.4, -0.2) is 22.3 Å². The molecule has 1 aliphatic rings. The van der Waals surface area contributed by atoms with Crippen LogP contribution in [-0.2, 0) is 9.53 Å². The van der Waals surface area contributed by atoms with E-state index in [4.69, 9.17) is 4.74 Å². The Morgan fingerprint density at radius 2 is 1.75 bits per heavy atom. The minimum atomic E-state index is -0.993. The van der Waals surface area contributed by atoms with Crippen LogP contribution < -0.4 is 0 Å². The van der Waals surface area contributed by atoms with Crippen molar-refractivity contribution in [3.8, 4) is 0 Å². The van der Waals surface area contributed by atoms with Crippen molar-refractivity contribution in [2.45, 2.75) is 12.5 Å². The van der Waals surface area contributed by atoms with Crippen molar-refractivity contribution in [3.05, 3.63) is 64.2 Å². The maximum Gasteiger partial charge on any atom is 0.339 e. The van der Waals surface area contributed by atoms with Gasteiger partial charge in [-0.25, -0.2) is 4.79 Å². The number of hydrogen-bond donors (Lipinski definition) is 0. The molecule has 0 saturated carbocycles. The van der Waals surface area contributed by atoms with Gasteiger partial charge in [-0.05, 0) is 43.4 Å². The van der Waals surface area contributed by atoms with Crippen molar-refractivity contribution in [1.29, 1.82) is 0 Å². The zero-order valence-electron chi connectivity index (χ0n) is 10.6. The van der Waals surface area contributed by atoms with Crippen molar-refractivity contribution in [3.63, 3.8) is 0 Å². The molecule has 0 aromatic heterocycles. The lowest BCUT2D eigenvalue weighted by molar-refractivity contribution is -0.384. The van der Waals surface area contributed by atoms with E-state index in [2.05, 4.69) is 0 Å². The fourth-order valence-electron chi connectivity index (χ4n) is 1.65. The van der Waals surface area contributed by atoms with Gasteiger partial charge in [-0.3, -0.25) is 14.9 Å². The fourth-order valence-corrected chi connectivity index (χ4v) is 1.65. The Hall–Kier alpha value is -2.76. The zero-order valence-corrected chi connectivity index (χ0v) is 10.6. The minimum Gasteiger partial charge on any atom is -0.447 e. The number of nitro benzene ring substituents is 1. The Morgan fingerprint density at radius 1 is 1.20 bits per heavy atom. The summed E-state index contributed by atoms with van der Waals surface area (Å²) >= 11 is 0. The fraction of sp³-hybridized carbons (Fsp3) is 0.143. The number of esters is 1. The van der Waals surface area contributed by atoms with E-state index in [1.807, 2.05) is 0 Å².